The minimum atomic E-state index is -1.06. The van der Waals surface area contributed by atoms with Crippen molar-refractivity contribution >= 4 is 21.9 Å². The van der Waals surface area contributed by atoms with Crippen LogP contribution in [0.5, 0.6) is 5.75 Å². The van der Waals surface area contributed by atoms with Gasteiger partial charge in [-0.25, -0.2) is 4.79 Å². The number of carboxylic acids is 1. The third-order valence-electron chi connectivity index (χ3n) is 1.58. The molecular weight excluding hydrogens is 250 g/mol. The van der Waals surface area contributed by atoms with Crippen molar-refractivity contribution in [3.05, 3.63) is 28.7 Å². The zero-order valence-electron chi connectivity index (χ0n) is 7.31. The maximum absolute atomic E-state index is 10.6. The molecule has 0 fully saturated rings. The second-order valence-electron chi connectivity index (χ2n) is 2.63. The highest BCUT2D eigenvalue weighted by Crippen LogP contribution is 2.17. The number of halogens is 1. The first-order valence-corrected chi connectivity index (χ1v) is 4.78. The van der Waals surface area contributed by atoms with Crippen LogP contribution in [0.25, 0.3) is 0 Å². The molecule has 1 aromatic rings. The van der Waals surface area contributed by atoms with Crippen molar-refractivity contribution in [2.75, 3.05) is 6.54 Å². The second-order valence-corrected chi connectivity index (χ2v) is 3.55. The van der Waals surface area contributed by atoms with E-state index in [4.69, 9.17) is 15.6 Å². The number of aliphatic carboxylic acids is 1. The molecule has 1 aromatic carbocycles. The first-order valence-electron chi connectivity index (χ1n) is 3.98. The highest BCUT2D eigenvalue weighted by Gasteiger charge is 2.16. The minimum Gasteiger partial charge on any atom is -0.478 e. The second kappa shape index (κ2) is 4.97. The van der Waals surface area contributed by atoms with Crippen LogP contribution >= 0.6 is 15.9 Å². The van der Waals surface area contributed by atoms with E-state index >= 15 is 0 Å². The van der Waals surface area contributed by atoms with E-state index in [1.54, 1.807) is 24.3 Å². The summed E-state index contributed by atoms with van der Waals surface area (Å²) in [5.41, 5.74) is 5.24. The first-order chi connectivity index (χ1) is 6.63. The lowest BCUT2D eigenvalue weighted by Crippen LogP contribution is -2.34. The lowest BCUT2D eigenvalue weighted by atomic mass is 10.3. The van der Waals surface area contributed by atoms with Crippen molar-refractivity contribution in [2.45, 2.75) is 6.10 Å². The molecule has 0 heterocycles. The molecule has 0 aliphatic heterocycles. The molecule has 0 radical (unpaired) electrons. The maximum atomic E-state index is 10.6. The Hall–Kier alpha value is -1.07. The fraction of sp³-hybridized carbons (Fsp3) is 0.222. The normalized spacial score (nSPS) is 12.1. The fourth-order valence-corrected chi connectivity index (χ4v) is 1.14. The number of carboxylic acid groups (broad SMARTS) is 1. The zero-order chi connectivity index (χ0) is 10.6. The van der Waals surface area contributed by atoms with E-state index in [9.17, 15) is 4.79 Å². The summed E-state index contributed by atoms with van der Waals surface area (Å²) < 4.78 is 6.04. The van der Waals surface area contributed by atoms with Crippen molar-refractivity contribution in [2.24, 2.45) is 5.73 Å². The number of hydrogen-bond donors (Lipinski definition) is 2. The van der Waals surface area contributed by atoms with Crippen molar-refractivity contribution in [3.8, 4) is 5.75 Å². The quantitative estimate of drug-likeness (QED) is 0.854. The van der Waals surface area contributed by atoms with Crippen LogP contribution < -0.4 is 10.5 Å². The topological polar surface area (TPSA) is 72.5 Å². The molecule has 5 heteroatoms. The van der Waals surface area contributed by atoms with Gasteiger partial charge in [0, 0.05) is 11.0 Å². The van der Waals surface area contributed by atoms with E-state index in [0.29, 0.717) is 5.75 Å². The summed E-state index contributed by atoms with van der Waals surface area (Å²) in [6.45, 7) is -0.0502. The number of nitrogens with two attached hydrogens (primary N) is 1. The van der Waals surface area contributed by atoms with Gasteiger partial charge in [0.15, 0.2) is 0 Å². The molecule has 0 saturated heterocycles. The van der Waals surface area contributed by atoms with Gasteiger partial charge in [-0.15, -0.1) is 0 Å². The Labute approximate surface area is 89.8 Å². The van der Waals surface area contributed by atoms with E-state index in [-0.39, 0.29) is 6.54 Å². The largest absolute Gasteiger partial charge is 0.478 e. The van der Waals surface area contributed by atoms with E-state index in [1.165, 1.54) is 0 Å². The number of ether oxygens (including phenoxy) is 1. The molecule has 0 bridgehead atoms. The Morgan fingerprint density at radius 1 is 1.50 bits per heavy atom. The van der Waals surface area contributed by atoms with Crippen LogP contribution in [0.3, 0.4) is 0 Å². The standard InChI is InChI=1S/C9H10BrNO3/c10-6-1-3-7(4-2-6)14-8(5-11)9(12)13/h1-4,8H,5,11H2,(H,12,13). The van der Waals surface area contributed by atoms with Gasteiger partial charge in [-0.1, -0.05) is 15.9 Å². The summed E-state index contributed by atoms with van der Waals surface area (Å²) in [7, 11) is 0. The molecule has 0 spiro atoms. The third-order valence-corrected chi connectivity index (χ3v) is 2.11. The zero-order valence-corrected chi connectivity index (χ0v) is 8.90. The molecule has 0 saturated carbocycles. The Kier molecular flexibility index (Phi) is 3.91. The van der Waals surface area contributed by atoms with Crippen LogP contribution in [-0.2, 0) is 4.79 Å². The molecule has 0 aromatic heterocycles. The molecule has 0 aliphatic rings. The molecule has 3 N–H and O–H groups in total. The van der Waals surface area contributed by atoms with Crippen LogP contribution in [0.2, 0.25) is 0 Å². The van der Waals surface area contributed by atoms with Gasteiger partial charge < -0.3 is 15.6 Å². The summed E-state index contributed by atoms with van der Waals surface area (Å²) in [6.07, 6.45) is -0.990. The molecule has 14 heavy (non-hydrogen) atoms. The molecule has 4 nitrogen and oxygen atoms in total. The third kappa shape index (κ3) is 3.01. The van der Waals surface area contributed by atoms with Gasteiger partial charge >= 0.3 is 5.97 Å². The fourth-order valence-electron chi connectivity index (χ4n) is 0.877. The van der Waals surface area contributed by atoms with Crippen LogP contribution in [0.15, 0.2) is 28.7 Å². The Morgan fingerprint density at radius 3 is 2.50 bits per heavy atom. The van der Waals surface area contributed by atoms with Gasteiger partial charge in [-0.05, 0) is 24.3 Å². The molecule has 1 rings (SSSR count). The van der Waals surface area contributed by atoms with Crippen LogP contribution in [0, 0.1) is 0 Å². The van der Waals surface area contributed by atoms with Crippen molar-refractivity contribution in [1.29, 1.82) is 0 Å². The SMILES string of the molecule is NCC(Oc1ccc(Br)cc1)C(=O)O. The van der Waals surface area contributed by atoms with Crippen molar-refractivity contribution in [3.63, 3.8) is 0 Å². The Morgan fingerprint density at radius 2 is 2.07 bits per heavy atom. The molecule has 0 aliphatic carbocycles. The van der Waals surface area contributed by atoms with E-state index < -0.39 is 12.1 Å². The summed E-state index contributed by atoms with van der Waals surface area (Å²) in [5.74, 6) is -0.568. The lowest BCUT2D eigenvalue weighted by Gasteiger charge is -2.12. The van der Waals surface area contributed by atoms with Gasteiger partial charge in [0.25, 0.3) is 0 Å². The van der Waals surface area contributed by atoms with Gasteiger partial charge in [-0.2, -0.15) is 0 Å². The average molecular weight is 260 g/mol. The first kappa shape index (κ1) is 11.0. The van der Waals surface area contributed by atoms with Crippen molar-refractivity contribution in [1.82, 2.24) is 0 Å². The van der Waals surface area contributed by atoms with Crippen LogP contribution in [0.1, 0.15) is 0 Å². The van der Waals surface area contributed by atoms with Gasteiger partial charge in [0.1, 0.15) is 5.75 Å². The average Bonchev–Trinajstić information content (AvgIpc) is 2.16. The van der Waals surface area contributed by atoms with E-state index in [1.807, 2.05) is 0 Å². The predicted molar refractivity (Wildman–Crippen MR) is 55.2 cm³/mol. The molecule has 1 atom stereocenters. The molecule has 0 amide bonds. The van der Waals surface area contributed by atoms with Crippen LogP contribution in [-0.4, -0.2) is 23.7 Å². The summed E-state index contributed by atoms with van der Waals surface area (Å²) in [5, 5.41) is 8.67. The van der Waals surface area contributed by atoms with Gasteiger partial charge in [0.2, 0.25) is 6.10 Å². The number of benzene rings is 1. The van der Waals surface area contributed by atoms with E-state index in [0.717, 1.165) is 4.47 Å². The molecule has 1 unspecified atom stereocenters. The highest BCUT2D eigenvalue weighted by atomic mass is 79.9. The number of hydrogen-bond acceptors (Lipinski definition) is 3. The van der Waals surface area contributed by atoms with Gasteiger partial charge in [-0.3, -0.25) is 0 Å². The molecular formula is C9H10BrNO3. The number of carbonyl (C=O) groups is 1. The van der Waals surface area contributed by atoms with E-state index in [2.05, 4.69) is 15.9 Å². The maximum Gasteiger partial charge on any atom is 0.346 e. The Balaban J connectivity index is 2.67. The molecule has 76 valence electrons. The monoisotopic (exact) mass is 259 g/mol. The lowest BCUT2D eigenvalue weighted by molar-refractivity contribution is -0.144. The summed E-state index contributed by atoms with van der Waals surface area (Å²) in [6, 6.07) is 6.89. The Bertz CT molecular complexity index is 312. The summed E-state index contributed by atoms with van der Waals surface area (Å²) in [4.78, 5) is 10.6. The predicted octanol–water partition coefficient (Wildman–Crippen LogP) is 1.24. The van der Waals surface area contributed by atoms with Crippen LogP contribution in [0.4, 0.5) is 0 Å². The van der Waals surface area contributed by atoms with Crippen molar-refractivity contribution < 1.29 is 14.6 Å². The summed E-state index contributed by atoms with van der Waals surface area (Å²) >= 11 is 3.26. The smallest absolute Gasteiger partial charge is 0.346 e. The minimum absolute atomic E-state index is 0.0502. The highest BCUT2D eigenvalue weighted by molar-refractivity contribution is 9.10. The van der Waals surface area contributed by atoms with Gasteiger partial charge in [0.05, 0.1) is 0 Å². The number of rotatable bonds is 4.